The summed E-state index contributed by atoms with van der Waals surface area (Å²) >= 11 is 0. The van der Waals surface area contributed by atoms with Gasteiger partial charge < -0.3 is 8.83 Å². The molecule has 0 bridgehead atoms. The molecule has 19 heavy (non-hydrogen) atoms. The first-order chi connectivity index (χ1) is 9.25. The van der Waals surface area contributed by atoms with E-state index in [9.17, 15) is 9.59 Å². The van der Waals surface area contributed by atoms with Crippen molar-refractivity contribution < 1.29 is 8.83 Å². The van der Waals surface area contributed by atoms with Gasteiger partial charge in [0.05, 0.1) is 5.39 Å². The third-order valence-corrected chi connectivity index (χ3v) is 3.73. The fourth-order valence-electron chi connectivity index (χ4n) is 2.89. The van der Waals surface area contributed by atoms with E-state index in [1.807, 2.05) is 6.07 Å². The molecule has 0 saturated carbocycles. The summed E-state index contributed by atoms with van der Waals surface area (Å²) in [5.74, 6) is 0. The minimum atomic E-state index is -0.421. The van der Waals surface area contributed by atoms with Crippen molar-refractivity contribution in [2.75, 3.05) is 0 Å². The summed E-state index contributed by atoms with van der Waals surface area (Å²) in [5.41, 5.74) is 1.51. The Bertz CT molecular complexity index is 930. The Morgan fingerprint density at radius 3 is 2.58 bits per heavy atom. The molecule has 0 atom stereocenters. The molecule has 0 fully saturated rings. The Morgan fingerprint density at radius 1 is 0.895 bits per heavy atom. The average molecular weight is 254 g/mol. The van der Waals surface area contributed by atoms with Gasteiger partial charge in [0.15, 0.2) is 5.58 Å². The maximum atomic E-state index is 12.1. The van der Waals surface area contributed by atoms with Crippen LogP contribution in [-0.4, -0.2) is 0 Å². The smallest absolute Gasteiger partial charge is 0.347 e. The van der Waals surface area contributed by atoms with Crippen LogP contribution in [0.2, 0.25) is 0 Å². The van der Waals surface area contributed by atoms with Gasteiger partial charge in [-0.1, -0.05) is 12.1 Å². The standard InChI is InChI=1S/C15H10O4/c16-14-9-6-3-5-8(9)12-13(19-14)10-4-1-2-7-11(10)18-15(12)17/h1-2,4,7H,3,5-6H2. The van der Waals surface area contributed by atoms with Gasteiger partial charge in [-0.15, -0.1) is 0 Å². The Morgan fingerprint density at radius 2 is 1.68 bits per heavy atom. The van der Waals surface area contributed by atoms with Crippen molar-refractivity contribution in [1.82, 2.24) is 0 Å². The van der Waals surface area contributed by atoms with Crippen molar-refractivity contribution in [2.45, 2.75) is 19.3 Å². The molecule has 0 unspecified atom stereocenters. The molecule has 1 aliphatic carbocycles. The zero-order chi connectivity index (χ0) is 13.0. The highest BCUT2D eigenvalue weighted by atomic mass is 16.4. The lowest BCUT2D eigenvalue weighted by Crippen LogP contribution is -2.12. The van der Waals surface area contributed by atoms with Crippen molar-refractivity contribution in [3.63, 3.8) is 0 Å². The molecule has 0 spiro atoms. The van der Waals surface area contributed by atoms with Crippen molar-refractivity contribution >= 4 is 21.9 Å². The van der Waals surface area contributed by atoms with Gasteiger partial charge in [0, 0.05) is 5.56 Å². The second kappa shape index (κ2) is 3.57. The maximum Gasteiger partial charge on any atom is 0.347 e. The summed E-state index contributed by atoms with van der Waals surface area (Å²) in [6.07, 6.45) is 2.30. The van der Waals surface area contributed by atoms with E-state index in [4.69, 9.17) is 8.83 Å². The topological polar surface area (TPSA) is 60.4 Å². The highest BCUT2D eigenvalue weighted by Crippen LogP contribution is 2.29. The Labute approximate surface area is 107 Å². The summed E-state index contributed by atoms with van der Waals surface area (Å²) in [7, 11) is 0. The van der Waals surface area contributed by atoms with Crippen LogP contribution in [0.15, 0.2) is 42.7 Å². The van der Waals surface area contributed by atoms with Gasteiger partial charge in [0.25, 0.3) is 0 Å². The zero-order valence-corrected chi connectivity index (χ0v) is 10.1. The zero-order valence-electron chi connectivity index (χ0n) is 10.1. The van der Waals surface area contributed by atoms with Crippen LogP contribution in [0.25, 0.3) is 21.9 Å². The summed E-state index contributed by atoms with van der Waals surface area (Å²) in [4.78, 5) is 24.1. The van der Waals surface area contributed by atoms with Crippen LogP contribution in [0.5, 0.6) is 0 Å². The highest BCUT2D eigenvalue weighted by molar-refractivity contribution is 6.01. The molecule has 4 heteroatoms. The molecular weight excluding hydrogens is 244 g/mol. The summed E-state index contributed by atoms with van der Waals surface area (Å²) in [6.45, 7) is 0. The quantitative estimate of drug-likeness (QED) is 0.456. The fraction of sp³-hybridized carbons (Fsp3) is 0.200. The van der Waals surface area contributed by atoms with Gasteiger partial charge in [-0.3, -0.25) is 0 Å². The van der Waals surface area contributed by atoms with Gasteiger partial charge in [-0.2, -0.15) is 0 Å². The molecule has 4 rings (SSSR count). The van der Waals surface area contributed by atoms with Crippen LogP contribution in [-0.2, 0) is 12.8 Å². The summed E-state index contributed by atoms with van der Waals surface area (Å²) in [5, 5.41) is 1.11. The first-order valence-corrected chi connectivity index (χ1v) is 6.26. The van der Waals surface area contributed by atoms with Crippen LogP contribution >= 0.6 is 0 Å². The Hall–Kier alpha value is -2.36. The average Bonchev–Trinajstić information content (AvgIpc) is 2.88. The molecule has 0 amide bonds. The van der Waals surface area contributed by atoms with E-state index < -0.39 is 5.63 Å². The lowest BCUT2D eigenvalue weighted by molar-refractivity contribution is 0.537. The molecule has 1 aromatic carbocycles. The minimum absolute atomic E-state index is 0.323. The number of para-hydroxylation sites is 1. The molecule has 0 aliphatic heterocycles. The fourth-order valence-corrected chi connectivity index (χ4v) is 2.89. The molecular formula is C15H10O4. The van der Waals surface area contributed by atoms with Crippen molar-refractivity contribution in [2.24, 2.45) is 0 Å². The van der Waals surface area contributed by atoms with Crippen molar-refractivity contribution in [3.05, 3.63) is 56.2 Å². The molecule has 0 N–H and O–H groups in total. The molecule has 0 saturated heterocycles. The van der Waals surface area contributed by atoms with E-state index >= 15 is 0 Å². The first-order valence-electron chi connectivity index (χ1n) is 6.26. The third-order valence-electron chi connectivity index (χ3n) is 3.73. The van der Waals surface area contributed by atoms with E-state index in [2.05, 4.69) is 0 Å². The van der Waals surface area contributed by atoms with Crippen LogP contribution < -0.4 is 11.3 Å². The number of rotatable bonds is 0. The molecule has 4 nitrogen and oxygen atoms in total. The summed E-state index contributed by atoms with van der Waals surface area (Å²) in [6, 6.07) is 7.10. The predicted molar refractivity (Wildman–Crippen MR) is 70.6 cm³/mol. The summed E-state index contributed by atoms with van der Waals surface area (Å²) < 4.78 is 10.7. The van der Waals surface area contributed by atoms with Gasteiger partial charge in [-0.25, -0.2) is 9.59 Å². The monoisotopic (exact) mass is 254 g/mol. The van der Waals surface area contributed by atoms with Gasteiger partial charge in [0.2, 0.25) is 0 Å². The highest BCUT2D eigenvalue weighted by Gasteiger charge is 2.23. The van der Waals surface area contributed by atoms with Crippen LogP contribution in [0.4, 0.5) is 0 Å². The number of hydrogen-bond acceptors (Lipinski definition) is 4. The van der Waals surface area contributed by atoms with E-state index in [1.54, 1.807) is 18.2 Å². The number of aryl methyl sites for hydroxylation is 1. The van der Waals surface area contributed by atoms with E-state index in [1.165, 1.54) is 0 Å². The Balaban J connectivity index is 2.36. The maximum absolute atomic E-state index is 12.1. The van der Waals surface area contributed by atoms with E-state index in [0.717, 1.165) is 18.4 Å². The lowest BCUT2D eigenvalue weighted by Gasteiger charge is -2.04. The number of benzene rings is 1. The molecule has 2 aromatic heterocycles. The van der Waals surface area contributed by atoms with Gasteiger partial charge in [0.1, 0.15) is 11.0 Å². The van der Waals surface area contributed by atoms with Crippen LogP contribution in [0, 0.1) is 0 Å². The predicted octanol–water partition coefficient (Wildman–Crippen LogP) is 2.39. The van der Waals surface area contributed by atoms with Crippen molar-refractivity contribution in [1.29, 1.82) is 0 Å². The Kier molecular flexibility index (Phi) is 1.98. The van der Waals surface area contributed by atoms with Crippen LogP contribution in [0.3, 0.4) is 0 Å². The molecule has 94 valence electrons. The molecule has 1 aliphatic rings. The van der Waals surface area contributed by atoms with Crippen LogP contribution in [0.1, 0.15) is 17.5 Å². The van der Waals surface area contributed by atoms with Gasteiger partial charge in [-0.05, 0) is 37.0 Å². The second-order valence-corrected chi connectivity index (χ2v) is 4.79. The van der Waals surface area contributed by atoms with Crippen molar-refractivity contribution in [3.8, 4) is 0 Å². The normalized spacial score (nSPS) is 14.1. The number of fused-ring (bicyclic) bond motifs is 5. The number of hydrogen-bond donors (Lipinski definition) is 0. The molecule has 0 radical (unpaired) electrons. The third kappa shape index (κ3) is 1.34. The molecule has 3 aromatic rings. The minimum Gasteiger partial charge on any atom is -0.422 e. The first kappa shape index (κ1) is 10.6. The largest absolute Gasteiger partial charge is 0.422 e. The second-order valence-electron chi connectivity index (χ2n) is 4.79. The van der Waals surface area contributed by atoms with Gasteiger partial charge >= 0.3 is 11.3 Å². The SMILES string of the molecule is O=c1oc2c(c3c1CCC3)c(=O)oc1ccccc12. The molecule has 2 heterocycles. The lowest BCUT2D eigenvalue weighted by atomic mass is 10.1. The van der Waals surface area contributed by atoms with E-state index in [0.29, 0.717) is 33.9 Å². The van der Waals surface area contributed by atoms with E-state index in [-0.39, 0.29) is 5.63 Å².